The highest BCUT2D eigenvalue weighted by molar-refractivity contribution is 5.92. The van der Waals surface area contributed by atoms with Crippen LogP contribution in [0.3, 0.4) is 0 Å². The van der Waals surface area contributed by atoms with E-state index in [1.165, 1.54) is 12.1 Å². The highest BCUT2D eigenvalue weighted by atomic mass is 19.1. The highest BCUT2D eigenvalue weighted by Crippen LogP contribution is 2.10. The molecule has 0 aliphatic heterocycles. The number of halogens is 1. The van der Waals surface area contributed by atoms with Crippen LogP contribution in [0.1, 0.15) is 21.6 Å². The molecule has 0 unspecified atom stereocenters. The molecule has 7 heteroatoms. The van der Waals surface area contributed by atoms with Crippen molar-refractivity contribution in [3.63, 3.8) is 0 Å². The molecule has 0 aliphatic carbocycles. The number of nitrogens with zero attached hydrogens (tertiary/aromatic N) is 4. The van der Waals surface area contributed by atoms with Crippen molar-refractivity contribution in [1.82, 2.24) is 15.3 Å². The van der Waals surface area contributed by atoms with E-state index >= 15 is 0 Å². The summed E-state index contributed by atoms with van der Waals surface area (Å²) in [6.45, 7) is 1.90. The summed E-state index contributed by atoms with van der Waals surface area (Å²) in [7, 11) is 0. The van der Waals surface area contributed by atoms with Crippen LogP contribution >= 0.6 is 0 Å². The quantitative estimate of drug-likeness (QED) is 0.869. The smallest absolute Gasteiger partial charge is 0.347 e. The first kappa shape index (κ1) is 13.5. The lowest BCUT2D eigenvalue weighted by Crippen LogP contribution is -2.23. The van der Waals surface area contributed by atoms with Crippen molar-refractivity contribution in [2.24, 2.45) is 0 Å². The van der Waals surface area contributed by atoms with E-state index in [1.54, 1.807) is 19.1 Å². The van der Waals surface area contributed by atoms with Gasteiger partial charge in [-0.25, -0.2) is 9.37 Å². The number of rotatable bonds is 3. The Balaban J connectivity index is 2.04. The monoisotopic (exact) mass is 272 g/mol. The molecule has 0 atom stereocenters. The third-order valence-electron chi connectivity index (χ3n) is 2.66. The van der Waals surface area contributed by atoms with E-state index < -0.39 is 5.91 Å². The standard InChI is InChI=1S/C13H10FN5O/c1-8-4-9(2-3-10(8)14)6-16-13(20)11-5-12(19-15)18-7-17-11/h2-5,7H,6H2,1H3/p+1. The Morgan fingerprint density at radius 1 is 1.40 bits per heavy atom. The second kappa shape index (κ2) is 5.84. The molecule has 1 amide bonds. The second-order valence-corrected chi connectivity index (χ2v) is 4.13. The van der Waals surface area contributed by atoms with Crippen molar-refractivity contribution in [3.05, 3.63) is 58.2 Å². The molecule has 1 heterocycles. The lowest BCUT2D eigenvalue weighted by Gasteiger charge is -2.05. The predicted octanol–water partition coefficient (Wildman–Crippen LogP) is 2.34. The molecule has 2 aromatic rings. The average Bonchev–Trinajstić information content (AvgIpc) is 2.48. The van der Waals surface area contributed by atoms with Crippen LogP contribution in [0.5, 0.6) is 0 Å². The lowest BCUT2D eigenvalue weighted by atomic mass is 10.1. The lowest BCUT2D eigenvalue weighted by molar-refractivity contribution is 0.0946. The minimum absolute atomic E-state index is 0.00257. The van der Waals surface area contributed by atoms with Crippen molar-refractivity contribution in [2.45, 2.75) is 13.5 Å². The predicted molar refractivity (Wildman–Crippen MR) is 69.1 cm³/mol. The Kier molecular flexibility index (Phi) is 3.96. The van der Waals surface area contributed by atoms with Gasteiger partial charge in [-0.2, -0.15) is 0 Å². The fraction of sp³-hybridized carbons (Fsp3) is 0.154. The molecular formula is C13H11FN5O+. The van der Waals surface area contributed by atoms with E-state index in [2.05, 4.69) is 20.3 Å². The van der Waals surface area contributed by atoms with Gasteiger partial charge in [0, 0.05) is 11.5 Å². The molecule has 0 fully saturated rings. The van der Waals surface area contributed by atoms with E-state index in [4.69, 9.17) is 5.39 Å². The summed E-state index contributed by atoms with van der Waals surface area (Å²) in [5.74, 6) is -0.716. The number of nitrogens with one attached hydrogen (secondary N) is 1. The van der Waals surface area contributed by atoms with Crippen molar-refractivity contribution in [1.29, 1.82) is 5.39 Å². The summed E-state index contributed by atoms with van der Waals surface area (Å²) < 4.78 is 13.1. The highest BCUT2D eigenvalue weighted by Gasteiger charge is 2.14. The normalized spacial score (nSPS) is 9.85. The Hall–Kier alpha value is -2.88. The molecule has 0 radical (unpaired) electrons. The van der Waals surface area contributed by atoms with Crippen LogP contribution < -0.4 is 5.32 Å². The fourth-order valence-electron chi connectivity index (χ4n) is 1.62. The molecule has 20 heavy (non-hydrogen) atoms. The molecule has 6 nitrogen and oxygen atoms in total. The Morgan fingerprint density at radius 2 is 2.20 bits per heavy atom. The molecule has 0 spiro atoms. The van der Waals surface area contributed by atoms with E-state index in [0.29, 0.717) is 5.56 Å². The number of aromatic nitrogens is 2. The largest absolute Gasteiger partial charge is 0.468 e. The molecule has 2 rings (SSSR count). The molecular weight excluding hydrogens is 261 g/mol. The molecule has 1 aromatic heterocycles. The van der Waals surface area contributed by atoms with Crippen LogP contribution in [0, 0.1) is 18.1 Å². The number of diazo groups is 1. The van der Waals surface area contributed by atoms with Crippen LogP contribution in [0.4, 0.5) is 10.2 Å². The van der Waals surface area contributed by atoms with Crippen molar-refractivity contribution < 1.29 is 9.18 Å². The average molecular weight is 272 g/mol. The number of amides is 1. The van der Waals surface area contributed by atoms with Crippen LogP contribution in [0.15, 0.2) is 30.6 Å². The molecule has 1 N–H and O–H groups in total. The maximum absolute atomic E-state index is 13.1. The van der Waals surface area contributed by atoms with Crippen molar-refractivity contribution in [3.8, 4) is 0 Å². The van der Waals surface area contributed by atoms with Crippen molar-refractivity contribution in [2.75, 3.05) is 0 Å². The molecule has 100 valence electrons. The first-order chi connectivity index (χ1) is 9.60. The first-order valence-corrected chi connectivity index (χ1v) is 5.80. The topological polar surface area (TPSA) is 83.0 Å². The first-order valence-electron chi connectivity index (χ1n) is 5.80. The number of carbonyl (C=O) groups is 1. The van der Waals surface area contributed by atoms with E-state index in [0.717, 1.165) is 11.9 Å². The third-order valence-corrected chi connectivity index (χ3v) is 2.66. The Labute approximate surface area is 114 Å². The van der Waals surface area contributed by atoms with Crippen LogP contribution in [0.25, 0.3) is 4.98 Å². The zero-order chi connectivity index (χ0) is 14.5. The maximum atomic E-state index is 13.1. The second-order valence-electron chi connectivity index (χ2n) is 4.13. The van der Waals surface area contributed by atoms with Gasteiger partial charge in [0.15, 0.2) is 0 Å². The van der Waals surface area contributed by atoms with E-state index in [1.807, 2.05) is 0 Å². The number of benzene rings is 1. The molecule has 0 aliphatic rings. The fourth-order valence-corrected chi connectivity index (χ4v) is 1.62. The summed E-state index contributed by atoms with van der Waals surface area (Å²) in [5.41, 5.74) is 1.38. The van der Waals surface area contributed by atoms with Gasteiger partial charge >= 0.3 is 5.82 Å². The van der Waals surface area contributed by atoms with Gasteiger partial charge in [0.2, 0.25) is 6.33 Å². The van der Waals surface area contributed by atoms with Gasteiger partial charge < -0.3 is 5.32 Å². The number of hydrogen-bond donors (Lipinski definition) is 1. The zero-order valence-electron chi connectivity index (χ0n) is 10.7. The van der Waals surface area contributed by atoms with Gasteiger partial charge in [0.25, 0.3) is 5.91 Å². The van der Waals surface area contributed by atoms with Crippen LogP contribution in [-0.4, -0.2) is 15.9 Å². The molecule has 1 aromatic carbocycles. The van der Waals surface area contributed by atoms with Crippen LogP contribution in [0.2, 0.25) is 0 Å². The van der Waals surface area contributed by atoms with Gasteiger partial charge in [-0.15, -0.1) is 0 Å². The van der Waals surface area contributed by atoms with Gasteiger partial charge in [0.1, 0.15) is 11.5 Å². The Morgan fingerprint density at radius 3 is 2.90 bits per heavy atom. The minimum Gasteiger partial charge on any atom is -0.347 e. The van der Waals surface area contributed by atoms with Gasteiger partial charge in [-0.3, -0.25) is 4.79 Å². The summed E-state index contributed by atoms with van der Waals surface area (Å²) in [6, 6.07) is 5.86. The van der Waals surface area contributed by atoms with Gasteiger partial charge in [-0.1, -0.05) is 12.1 Å². The number of carbonyl (C=O) groups excluding carboxylic acids is 1. The number of aryl methyl sites for hydroxylation is 1. The molecule has 0 bridgehead atoms. The minimum atomic E-state index is -0.431. The van der Waals surface area contributed by atoms with Crippen LogP contribution in [-0.2, 0) is 6.54 Å². The SMILES string of the molecule is Cc1cc(CNC(=O)c2cc([N+]#N)ncn2)ccc1F. The van der Waals surface area contributed by atoms with E-state index in [-0.39, 0.29) is 23.9 Å². The summed E-state index contributed by atoms with van der Waals surface area (Å²) in [6.07, 6.45) is 1.13. The van der Waals surface area contributed by atoms with Gasteiger partial charge in [-0.05, 0) is 29.1 Å². The maximum Gasteiger partial charge on any atom is 0.468 e. The summed E-state index contributed by atoms with van der Waals surface area (Å²) in [4.78, 5) is 22.1. The van der Waals surface area contributed by atoms with Crippen molar-refractivity contribution >= 4 is 11.7 Å². The summed E-state index contributed by atoms with van der Waals surface area (Å²) in [5, 5.41) is 11.2. The van der Waals surface area contributed by atoms with Gasteiger partial charge in [0.05, 0.1) is 11.5 Å². The number of hydrogen-bond acceptors (Lipinski definition) is 4. The zero-order valence-corrected chi connectivity index (χ0v) is 10.7. The van der Waals surface area contributed by atoms with E-state index in [9.17, 15) is 9.18 Å². The third kappa shape index (κ3) is 3.11. The molecule has 0 saturated heterocycles. The summed E-state index contributed by atoms with van der Waals surface area (Å²) >= 11 is 0. The molecule has 0 saturated carbocycles. The Bertz CT molecular complexity index is 695.